The molecule has 0 fully saturated rings. The molecule has 0 aliphatic heterocycles. The minimum atomic E-state index is -8.85. The Morgan fingerprint density at radius 2 is 0.765 bits per heavy atom. The number of hydrogen-bond donors (Lipinski definition) is 0. The van der Waals surface area contributed by atoms with Gasteiger partial charge in [0.2, 0.25) is 0 Å². The maximum Gasteiger partial charge on any atom is 0.460 e. The van der Waals surface area contributed by atoms with Crippen molar-refractivity contribution in [2.24, 2.45) is 0 Å². The number of pyridine rings is 1. The van der Waals surface area contributed by atoms with Crippen molar-refractivity contribution in [3.05, 3.63) is 30.6 Å². The fourth-order valence-electron chi connectivity index (χ4n) is 4.16. The van der Waals surface area contributed by atoms with Gasteiger partial charge in [-0.15, -0.1) is 0 Å². The fraction of sp³-hybridized carbons (Fsp3) is 0.828. The summed E-state index contributed by atoms with van der Waals surface area (Å²) in [4.78, 5) is 3.78. The highest BCUT2D eigenvalue weighted by Gasteiger charge is 2.96. The van der Waals surface area contributed by atoms with Crippen molar-refractivity contribution in [2.75, 3.05) is 6.61 Å². The molecule has 0 saturated carbocycles. The van der Waals surface area contributed by atoms with Crippen LogP contribution in [0.2, 0.25) is 0 Å². The van der Waals surface area contributed by atoms with Crippen LogP contribution in [0.15, 0.2) is 30.6 Å². The number of aromatic nitrogens is 1. The zero-order chi connectivity index (χ0) is 40.1. The highest BCUT2D eigenvalue weighted by molar-refractivity contribution is 7.87. The second-order valence-corrected chi connectivity index (χ2v) is 13.0. The monoisotopic (exact) mass is 803 g/mol. The van der Waals surface area contributed by atoms with Gasteiger partial charge in [-0.05, 0) is 18.6 Å². The van der Waals surface area contributed by atoms with Crippen LogP contribution in [0, 0.1) is 0 Å². The third-order valence-corrected chi connectivity index (χ3v) is 8.67. The molecule has 0 N–H and O–H groups in total. The van der Waals surface area contributed by atoms with Gasteiger partial charge in [0.05, 0.1) is 6.61 Å². The number of hydrogen-bond acceptors (Lipinski definition) is 4. The predicted octanol–water partition coefficient (Wildman–Crippen LogP) is 11.9. The van der Waals surface area contributed by atoms with Crippen LogP contribution in [0.1, 0.15) is 96.8 Å². The van der Waals surface area contributed by atoms with Crippen molar-refractivity contribution in [2.45, 2.75) is 144 Å². The lowest BCUT2D eigenvalue weighted by Crippen LogP contribution is -2.75. The molecule has 0 atom stereocenters. The third-order valence-electron chi connectivity index (χ3n) is 7.31. The van der Waals surface area contributed by atoms with Crippen molar-refractivity contribution in [3.8, 4) is 0 Å². The number of unbranched alkanes of at least 4 members (excludes halogenated alkanes) is 13. The number of halogens is 17. The van der Waals surface area contributed by atoms with Crippen LogP contribution in [-0.2, 0) is 14.3 Å². The molecule has 51 heavy (non-hydrogen) atoms. The molecule has 302 valence electrons. The molecule has 0 aromatic carbocycles. The lowest BCUT2D eigenvalue weighted by molar-refractivity contribution is -0.458. The van der Waals surface area contributed by atoms with E-state index in [9.17, 15) is 83.1 Å². The van der Waals surface area contributed by atoms with Crippen LogP contribution in [0.25, 0.3) is 0 Å². The molecule has 0 bridgehead atoms. The summed E-state index contributed by atoms with van der Waals surface area (Å²) in [5.74, 6) is -51.7. The molecule has 0 aliphatic carbocycles. The predicted molar refractivity (Wildman–Crippen MR) is 150 cm³/mol. The normalized spacial score (nSPS) is 14.3. The molecule has 1 rings (SSSR count). The lowest BCUT2D eigenvalue weighted by atomic mass is 9.91. The SMILES string of the molecule is CCCCCCCCCCCCCCCCOS(=O)(=O)C(F)(F)C(F)(F)C(F)(F)C(F)(F)C(F)(F)C(F)(F)C(F)(F)C(F)(F)F.c1ccncc1. The summed E-state index contributed by atoms with van der Waals surface area (Å²) in [5, 5.41) is -7.62. The van der Waals surface area contributed by atoms with Crippen molar-refractivity contribution < 1.29 is 87.2 Å². The van der Waals surface area contributed by atoms with E-state index >= 15 is 0 Å². The number of alkyl halides is 17. The van der Waals surface area contributed by atoms with Gasteiger partial charge in [-0.3, -0.25) is 9.17 Å². The van der Waals surface area contributed by atoms with Crippen molar-refractivity contribution in [1.29, 1.82) is 0 Å². The summed E-state index contributed by atoms with van der Waals surface area (Å²) in [6.07, 6.45) is 6.05. The average Bonchev–Trinajstić information content (AvgIpc) is 3.02. The highest BCUT2D eigenvalue weighted by atomic mass is 32.2. The fourth-order valence-corrected chi connectivity index (χ4v) is 5.09. The second kappa shape index (κ2) is 19.3. The van der Waals surface area contributed by atoms with Crippen molar-refractivity contribution in [1.82, 2.24) is 4.98 Å². The van der Waals surface area contributed by atoms with Gasteiger partial charge in [0.1, 0.15) is 0 Å². The molecule has 0 unspecified atom stereocenters. The Hall–Kier alpha value is -2.13. The quantitative estimate of drug-likeness (QED) is 0.0628. The molecule has 0 spiro atoms. The maximum atomic E-state index is 14.0. The largest absolute Gasteiger partial charge is 0.460 e. The standard InChI is InChI=1S/C24H33F17O3S.C5H5N/c1-2-3-4-5-6-7-8-9-10-11-12-13-14-15-16-44-45(42,43)24(40,41)22(35,36)20(31,32)18(27,28)17(25,26)19(29,30)21(33,34)23(37,38)39;1-2-4-6-5-3-1/h2-16H2,1H3;1-5H. The van der Waals surface area contributed by atoms with Gasteiger partial charge in [0.25, 0.3) is 0 Å². The van der Waals surface area contributed by atoms with Crippen molar-refractivity contribution >= 4 is 10.1 Å². The first-order valence-electron chi connectivity index (χ1n) is 15.5. The zero-order valence-electron chi connectivity index (χ0n) is 27.0. The van der Waals surface area contributed by atoms with E-state index in [0.717, 1.165) is 57.8 Å². The molecule has 1 aromatic rings. The maximum absolute atomic E-state index is 14.0. The van der Waals surface area contributed by atoms with E-state index in [1.807, 2.05) is 18.2 Å². The Labute approximate surface area is 283 Å². The second-order valence-electron chi connectivity index (χ2n) is 11.4. The molecule has 0 aliphatic rings. The smallest absolute Gasteiger partial charge is 0.265 e. The Kier molecular flexibility index (Phi) is 18.5. The number of nitrogens with zero attached hydrogens (tertiary/aromatic N) is 1. The molecule has 0 amide bonds. The Morgan fingerprint density at radius 3 is 1.06 bits per heavy atom. The summed E-state index contributed by atoms with van der Waals surface area (Å²) in [5.41, 5.74) is 0. The van der Waals surface area contributed by atoms with Gasteiger partial charge >= 0.3 is 57.1 Å². The van der Waals surface area contributed by atoms with Crippen LogP contribution in [0.5, 0.6) is 0 Å². The molecule has 0 saturated heterocycles. The van der Waals surface area contributed by atoms with E-state index in [4.69, 9.17) is 0 Å². The Morgan fingerprint density at radius 1 is 0.451 bits per heavy atom. The molecule has 0 radical (unpaired) electrons. The van der Waals surface area contributed by atoms with Crippen LogP contribution in [0.4, 0.5) is 74.6 Å². The first-order chi connectivity index (χ1) is 23.1. The van der Waals surface area contributed by atoms with Gasteiger partial charge in [-0.25, -0.2) is 0 Å². The van der Waals surface area contributed by atoms with Gasteiger partial charge in [-0.1, -0.05) is 96.5 Å². The summed E-state index contributed by atoms with van der Waals surface area (Å²) in [7, 11) is -7.47. The van der Waals surface area contributed by atoms with E-state index in [1.54, 1.807) is 12.4 Å². The summed E-state index contributed by atoms with van der Waals surface area (Å²) < 4.78 is 253. The van der Waals surface area contributed by atoms with Gasteiger partial charge in [0.15, 0.2) is 0 Å². The van der Waals surface area contributed by atoms with Crippen molar-refractivity contribution in [3.63, 3.8) is 0 Å². The van der Waals surface area contributed by atoms with E-state index < -0.39 is 70.1 Å². The zero-order valence-corrected chi connectivity index (χ0v) is 27.8. The van der Waals surface area contributed by atoms with Gasteiger partial charge in [0, 0.05) is 12.4 Å². The average molecular weight is 804 g/mol. The van der Waals surface area contributed by atoms with Crippen LogP contribution in [-0.4, -0.2) is 67.0 Å². The minimum absolute atomic E-state index is 0.0160. The minimum Gasteiger partial charge on any atom is -0.265 e. The van der Waals surface area contributed by atoms with E-state index in [-0.39, 0.29) is 6.42 Å². The van der Waals surface area contributed by atoms with E-state index in [1.165, 1.54) is 0 Å². The molecule has 4 nitrogen and oxygen atoms in total. The summed E-state index contributed by atoms with van der Waals surface area (Å²) in [6, 6.07) is 5.72. The highest BCUT2D eigenvalue weighted by Crippen LogP contribution is 2.64. The summed E-state index contributed by atoms with van der Waals surface area (Å²) in [6.45, 7) is 0.629. The molecule has 1 aromatic heterocycles. The lowest BCUT2D eigenvalue weighted by Gasteiger charge is -2.42. The molecule has 22 heteroatoms. The van der Waals surface area contributed by atoms with Crippen LogP contribution < -0.4 is 0 Å². The van der Waals surface area contributed by atoms with Crippen LogP contribution in [0.3, 0.4) is 0 Å². The van der Waals surface area contributed by atoms with Crippen LogP contribution >= 0.6 is 0 Å². The van der Waals surface area contributed by atoms with Gasteiger partial charge in [-0.2, -0.15) is 83.1 Å². The first kappa shape index (κ1) is 48.9. The van der Waals surface area contributed by atoms with Gasteiger partial charge < -0.3 is 0 Å². The molecule has 1 heterocycles. The first-order valence-corrected chi connectivity index (χ1v) is 16.9. The Balaban J connectivity index is 0.00000373. The summed E-state index contributed by atoms with van der Waals surface area (Å²) >= 11 is 0. The molecular formula is C29H38F17NO3S. The topological polar surface area (TPSA) is 56.3 Å². The molecular weight excluding hydrogens is 765 g/mol. The van der Waals surface area contributed by atoms with E-state index in [0.29, 0.717) is 19.3 Å². The van der Waals surface area contributed by atoms with E-state index in [2.05, 4.69) is 16.1 Å². The Bertz CT molecular complexity index is 1200. The number of rotatable bonds is 23. The third kappa shape index (κ3) is 11.4.